The summed E-state index contributed by atoms with van der Waals surface area (Å²) in [4.78, 5) is 12.1. The third kappa shape index (κ3) is 1.62. The highest BCUT2D eigenvalue weighted by molar-refractivity contribution is 8.01. The molecule has 1 amide bonds. The summed E-state index contributed by atoms with van der Waals surface area (Å²) in [5.41, 5.74) is -0.381. The summed E-state index contributed by atoms with van der Waals surface area (Å²) in [5.74, 6) is -0.162. The van der Waals surface area contributed by atoms with Gasteiger partial charge in [-0.3, -0.25) is 4.79 Å². The van der Waals surface area contributed by atoms with Gasteiger partial charge in [0.1, 0.15) is 0 Å². The summed E-state index contributed by atoms with van der Waals surface area (Å²) in [6.07, 6.45) is -2.19. The zero-order valence-electron chi connectivity index (χ0n) is 9.30. The maximum absolute atomic E-state index is 12.9. The van der Waals surface area contributed by atoms with Crippen LogP contribution in [0.3, 0.4) is 0 Å². The SMILES string of the molecule is O=C1Nc2cccc(C(F)(F)F)c2SC12CCC2. The lowest BCUT2D eigenvalue weighted by molar-refractivity contribution is -0.139. The number of hydrogen-bond donors (Lipinski definition) is 1. The Morgan fingerprint density at radius 3 is 2.56 bits per heavy atom. The largest absolute Gasteiger partial charge is 0.417 e. The number of amides is 1. The van der Waals surface area contributed by atoms with E-state index in [1.54, 1.807) is 0 Å². The minimum absolute atomic E-state index is 0.157. The highest BCUT2D eigenvalue weighted by Crippen LogP contribution is 2.55. The van der Waals surface area contributed by atoms with Crippen LogP contribution >= 0.6 is 11.8 Å². The summed E-state index contributed by atoms with van der Waals surface area (Å²) in [5, 5.41) is 2.61. The summed E-state index contributed by atoms with van der Waals surface area (Å²) >= 11 is 1.08. The van der Waals surface area contributed by atoms with Crippen molar-refractivity contribution in [3.8, 4) is 0 Å². The molecule has 18 heavy (non-hydrogen) atoms. The Hall–Kier alpha value is -1.17. The molecule has 1 aliphatic heterocycles. The molecule has 0 saturated heterocycles. The second-order valence-corrected chi connectivity index (χ2v) is 5.98. The van der Waals surface area contributed by atoms with Crippen LogP contribution in [-0.2, 0) is 11.0 Å². The van der Waals surface area contributed by atoms with E-state index in [9.17, 15) is 18.0 Å². The van der Waals surface area contributed by atoms with Crippen molar-refractivity contribution in [1.29, 1.82) is 0 Å². The summed E-state index contributed by atoms with van der Waals surface area (Å²) in [6, 6.07) is 3.90. The molecule has 0 unspecified atom stereocenters. The number of nitrogens with one attached hydrogen (secondary N) is 1. The van der Waals surface area contributed by atoms with Crippen LogP contribution in [0.1, 0.15) is 24.8 Å². The van der Waals surface area contributed by atoms with E-state index in [4.69, 9.17) is 0 Å². The molecule has 1 heterocycles. The molecule has 0 radical (unpaired) electrons. The van der Waals surface area contributed by atoms with Crippen molar-refractivity contribution in [1.82, 2.24) is 0 Å². The molecule has 6 heteroatoms. The molecule has 96 valence electrons. The normalized spacial score (nSPS) is 21.2. The molecule has 2 nitrogen and oxygen atoms in total. The zero-order valence-corrected chi connectivity index (χ0v) is 10.1. The molecular weight excluding hydrogens is 263 g/mol. The number of benzene rings is 1. The predicted molar refractivity (Wildman–Crippen MR) is 62.5 cm³/mol. The Labute approximate surface area is 106 Å². The van der Waals surface area contributed by atoms with Crippen LogP contribution in [0.4, 0.5) is 18.9 Å². The first-order valence-corrected chi connectivity index (χ1v) is 6.45. The van der Waals surface area contributed by atoms with Crippen molar-refractivity contribution in [2.45, 2.75) is 35.1 Å². The van der Waals surface area contributed by atoms with E-state index in [1.165, 1.54) is 12.1 Å². The van der Waals surface area contributed by atoms with Crippen molar-refractivity contribution in [3.63, 3.8) is 0 Å². The summed E-state index contributed by atoms with van der Waals surface area (Å²) in [7, 11) is 0. The fraction of sp³-hybridized carbons (Fsp3) is 0.417. The number of halogens is 3. The van der Waals surface area contributed by atoms with Gasteiger partial charge in [0.2, 0.25) is 5.91 Å². The first-order valence-electron chi connectivity index (χ1n) is 5.63. The third-order valence-electron chi connectivity index (χ3n) is 3.44. The molecule has 1 fully saturated rings. The van der Waals surface area contributed by atoms with Gasteiger partial charge in [-0.15, -0.1) is 11.8 Å². The van der Waals surface area contributed by atoms with E-state index >= 15 is 0 Å². The molecule has 3 rings (SSSR count). The topological polar surface area (TPSA) is 29.1 Å². The van der Waals surface area contributed by atoms with Gasteiger partial charge < -0.3 is 5.32 Å². The summed E-state index contributed by atoms with van der Waals surface area (Å²) < 4.78 is 38.1. The number of anilines is 1. The molecule has 1 spiro atoms. The van der Waals surface area contributed by atoms with E-state index < -0.39 is 16.5 Å². The Morgan fingerprint density at radius 2 is 2.00 bits per heavy atom. The standard InChI is InChI=1S/C12H10F3NOS/c13-12(14,15)7-3-1-4-8-9(7)18-11(5-2-6-11)10(17)16-8/h1,3-4H,2,5-6H2,(H,16,17). The minimum Gasteiger partial charge on any atom is -0.324 e. The zero-order chi connectivity index (χ0) is 13.0. The molecule has 1 N–H and O–H groups in total. The highest BCUT2D eigenvalue weighted by atomic mass is 32.2. The number of carbonyl (C=O) groups excluding carboxylic acids is 1. The predicted octanol–water partition coefficient (Wildman–Crippen LogP) is 3.67. The average Bonchev–Trinajstić information content (AvgIpc) is 2.23. The molecular formula is C12H10F3NOS. The first-order chi connectivity index (χ1) is 8.42. The van der Waals surface area contributed by atoms with Gasteiger partial charge in [0.15, 0.2) is 0 Å². The number of fused-ring (bicyclic) bond motifs is 1. The maximum atomic E-state index is 12.9. The number of carbonyl (C=O) groups is 1. The minimum atomic E-state index is -4.38. The van der Waals surface area contributed by atoms with Crippen molar-refractivity contribution < 1.29 is 18.0 Å². The number of rotatable bonds is 0. The molecule has 1 aromatic rings. The number of thioether (sulfide) groups is 1. The average molecular weight is 273 g/mol. The fourth-order valence-corrected chi connectivity index (χ4v) is 3.82. The smallest absolute Gasteiger partial charge is 0.324 e. The lowest BCUT2D eigenvalue weighted by Gasteiger charge is -2.43. The van der Waals surface area contributed by atoms with Gasteiger partial charge in [-0.1, -0.05) is 6.07 Å². The van der Waals surface area contributed by atoms with Gasteiger partial charge in [-0.05, 0) is 31.4 Å². The van der Waals surface area contributed by atoms with E-state index in [2.05, 4.69) is 5.32 Å². The van der Waals surface area contributed by atoms with Crippen LogP contribution in [0.25, 0.3) is 0 Å². The van der Waals surface area contributed by atoms with Crippen molar-refractivity contribution >= 4 is 23.4 Å². The molecule has 0 atom stereocenters. The van der Waals surface area contributed by atoms with Crippen LogP contribution in [-0.4, -0.2) is 10.7 Å². The highest BCUT2D eigenvalue weighted by Gasteiger charge is 2.50. The quantitative estimate of drug-likeness (QED) is 0.781. The van der Waals surface area contributed by atoms with Gasteiger partial charge in [0.25, 0.3) is 0 Å². The molecule has 1 aliphatic carbocycles. The van der Waals surface area contributed by atoms with Gasteiger partial charge in [0.05, 0.1) is 16.0 Å². The van der Waals surface area contributed by atoms with E-state index in [-0.39, 0.29) is 16.5 Å². The van der Waals surface area contributed by atoms with E-state index in [0.717, 1.165) is 24.2 Å². The van der Waals surface area contributed by atoms with Crippen molar-refractivity contribution in [3.05, 3.63) is 23.8 Å². The van der Waals surface area contributed by atoms with Crippen LogP contribution in [0.15, 0.2) is 23.1 Å². The van der Waals surface area contributed by atoms with E-state index in [1.807, 2.05) is 0 Å². The molecule has 0 aromatic heterocycles. The maximum Gasteiger partial charge on any atom is 0.417 e. The van der Waals surface area contributed by atoms with Gasteiger partial charge >= 0.3 is 6.18 Å². The van der Waals surface area contributed by atoms with Crippen LogP contribution in [0.5, 0.6) is 0 Å². The van der Waals surface area contributed by atoms with Crippen LogP contribution in [0, 0.1) is 0 Å². The van der Waals surface area contributed by atoms with Crippen LogP contribution < -0.4 is 5.32 Å². The molecule has 0 bridgehead atoms. The van der Waals surface area contributed by atoms with Gasteiger partial charge in [0, 0.05) is 4.90 Å². The van der Waals surface area contributed by atoms with Crippen molar-refractivity contribution in [2.75, 3.05) is 5.32 Å². The Kier molecular flexibility index (Phi) is 2.42. The lowest BCUT2D eigenvalue weighted by Crippen LogP contribution is -2.48. The fourth-order valence-electron chi connectivity index (χ4n) is 2.27. The Balaban J connectivity index is 2.09. The molecule has 1 saturated carbocycles. The third-order valence-corrected chi connectivity index (χ3v) is 5.07. The summed E-state index contributed by atoms with van der Waals surface area (Å²) in [6.45, 7) is 0. The second-order valence-electron chi connectivity index (χ2n) is 4.58. The van der Waals surface area contributed by atoms with Gasteiger partial charge in [-0.25, -0.2) is 0 Å². The number of hydrogen-bond acceptors (Lipinski definition) is 2. The molecule has 1 aromatic carbocycles. The van der Waals surface area contributed by atoms with Crippen molar-refractivity contribution in [2.24, 2.45) is 0 Å². The first kappa shape index (κ1) is 11.9. The monoisotopic (exact) mass is 273 g/mol. The second kappa shape index (κ2) is 3.66. The van der Waals surface area contributed by atoms with Crippen LogP contribution in [0.2, 0.25) is 0 Å². The molecule has 2 aliphatic rings. The van der Waals surface area contributed by atoms with E-state index in [0.29, 0.717) is 12.8 Å². The van der Waals surface area contributed by atoms with Gasteiger partial charge in [-0.2, -0.15) is 13.2 Å². The Morgan fingerprint density at radius 1 is 1.28 bits per heavy atom. The number of alkyl halides is 3. The lowest BCUT2D eigenvalue weighted by atomic mass is 9.83. The Bertz CT molecular complexity index is 523.